The first-order chi connectivity index (χ1) is 7.13. The monoisotopic (exact) mass is 214 g/mol. The largest absolute Gasteiger partial charge is 0.479 e. The van der Waals surface area contributed by atoms with Gasteiger partial charge in [-0.3, -0.25) is 0 Å². The molecule has 1 atom stereocenters. The van der Waals surface area contributed by atoms with Gasteiger partial charge < -0.3 is 14.6 Å². The van der Waals surface area contributed by atoms with E-state index >= 15 is 0 Å². The molecule has 2 aliphatic rings. The second kappa shape index (κ2) is 4.10. The van der Waals surface area contributed by atoms with Gasteiger partial charge in [0.1, 0.15) is 0 Å². The third-order valence-corrected chi connectivity index (χ3v) is 3.36. The van der Waals surface area contributed by atoms with E-state index in [0.717, 1.165) is 25.7 Å². The molecule has 86 valence electrons. The van der Waals surface area contributed by atoms with Crippen LogP contribution in [0.3, 0.4) is 0 Å². The van der Waals surface area contributed by atoms with Crippen LogP contribution in [0, 0.1) is 5.92 Å². The van der Waals surface area contributed by atoms with Crippen LogP contribution in [0.1, 0.15) is 32.6 Å². The highest BCUT2D eigenvalue weighted by Crippen LogP contribution is 2.43. The number of carbonyl (C=O) groups is 1. The standard InChI is InChI=1S/C11H18O4/c1-11(10(12)13,8-2-3-8)15-9-4-6-14-7-5-9/h8-9H,2-7H2,1H3,(H,12,13). The molecule has 0 amide bonds. The molecule has 0 bridgehead atoms. The molecule has 0 spiro atoms. The van der Waals surface area contributed by atoms with E-state index in [2.05, 4.69) is 0 Å². The fraction of sp³-hybridized carbons (Fsp3) is 0.909. The van der Waals surface area contributed by atoms with Gasteiger partial charge in [0.15, 0.2) is 5.60 Å². The van der Waals surface area contributed by atoms with E-state index in [1.165, 1.54) is 0 Å². The van der Waals surface area contributed by atoms with Gasteiger partial charge in [-0.1, -0.05) is 0 Å². The zero-order valence-corrected chi connectivity index (χ0v) is 9.07. The molecular weight excluding hydrogens is 196 g/mol. The second-order valence-electron chi connectivity index (χ2n) is 4.62. The highest BCUT2D eigenvalue weighted by atomic mass is 16.5. The number of hydrogen-bond donors (Lipinski definition) is 1. The highest BCUT2D eigenvalue weighted by molar-refractivity contribution is 5.78. The minimum atomic E-state index is -0.970. The fourth-order valence-corrected chi connectivity index (χ4v) is 2.10. The van der Waals surface area contributed by atoms with Gasteiger partial charge in [-0.25, -0.2) is 4.79 Å². The molecule has 0 aromatic carbocycles. The van der Waals surface area contributed by atoms with Crippen molar-refractivity contribution in [3.8, 4) is 0 Å². The summed E-state index contributed by atoms with van der Waals surface area (Å²) in [6, 6.07) is 0. The fourth-order valence-electron chi connectivity index (χ4n) is 2.10. The molecule has 1 saturated carbocycles. The average molecular weight is 214 g/mol. The summed E-state index contributed by atoms with van der Waals surface area (Å²) in [6.07, 6.45) is 3.64. The van der Waals surface area contributed by atoms with E-state index < -0.39 is 11.6 Å². The molecular formula is C11H18O4. The van der Waals surface area contributed by atoms with Crippen molar-refractivity contribution in [3.05, 3.63) is 0 Å². The maximum Gasteiger partial charge on any atom is 0.335 e. The molecule has 0 aromatic rings. The summed E-state index contributed by atoms with van der Waals surface area (Å²) in [5.41, 5.74) is -0.970. The van der Waals surface area contributed by atoms with Gasteiger partial charge in [-0.15, -0.1) is 0 Å². The number of hydrogen-bond acceptors (Lipinski definition) is 3. The lowest BCUT2D eigenvalue weighted by molar-refractivity contribution is -0.181. The second-order valence-corrected chi connectivity index (χ2v) is 4.62. The normalized spacial score (nSPS) is 27.3. The summed E-state index contributed by atoms with van der Waals surface area (Å²) >= 11 is 0. The Morgan fingerprint density at radius 1 is 1.33 bits per heavy atom. The van der Waals surface area contributed by atoms with Crippen molar-refractivity contribution in [2.75, 3.05) is 13.2 Å². The Morgan fingerprint density at radius 2 is 1.93 bits per heavy atom. The van der Waals surface area contributed by atoms with Crippen LogP contribution in [0.5, 0.6) is 0 Å². The van der Waals surface area contributed by atoms with E-state index in [9.17, 15) is 9.90 Å². The predicted molar refractivity (Wildman–Crippen MR) is 53.7 cm³/mol. The molecule has 4 nitrogen and oxygen atoms in total. The van der Waals surface area contributed by atoms with Crippen LogP contribution in [0.2, 0.25) is 0 Å². The van der Waals surface area contributed by atoms with Gasteiger partial charge in [0.25, 0.3) is 0 Å². The highest BCUT2D eigenvalue weighted by Gasteiger charge is 2.49. The van der Waals surface area contributed by atoms with Crippen LogP contribution in [-0.4, -0.2) is 36.0 Å². The van der Waals surface area contributed by atoms with Crippen molar-refractivity contribution < 1.29 is 19.4 Å². The molecule has 1 aliphatic heterocycles. The number of rotatable bonds is 4. The van der Waals surface area contributed by atoms with Gasteiger partial charge in [-0.05, 0) is 38.5 Å². The van der Waals surface area contributed by atoms with Crippen LogP contribution < -0.4 is 0 Å². The Kier molecular flexibility index (Phi) is 2.98. The first kappa shape index (κ1) is 10.9. The zero-order valence-electron chi connectivity index (χ0n) is 9.07. The molecule has 1 saturated heterocycles. The number of carboxylic acid groups (broad SMARTS) is 1. The van der Waals surface area contributed by atoms with Crippen molar-refractivity contribution in [2.24, 2.45) is 5.92 Å². The van der Waals surface area contributed by atoms with Crippen molar-refractivity contribution in [1.82, 2.24) is 0 Å². The Morgan fingerprint density at radius 3 is 2.40 bits per heavy atom. The van der Waals surface area contributed by atoms with E-state index in [1.807, 2.05) is 0 Å². The van der Waals surface area contributed by atoms with Gasteiger partial charge >= 0.3 is 5.97 Å². The van der Waals surface area contributed by atoms with Crippen molar-refractivity contribution in [3.63, 3.8) is 0 Å². The van der Waals surface area contributed by atoms with Crippen molar-refractivity contribution in [2.45, 2.75) is 44.3 Å². The third kappa shape index (κ3) is 2.32. The molecule has 0 aromatic heterocycles. The van der Waals surface area contributed by atoms with Crippen LogP contribution >= 0.6 is 0 Å². The Balaban J connectivity index is 1.96. The average Bonchev–Trinajstić information content (AvgIpc) is 3.02. The molecule has 0 radical (unpaired) electrons. The van der Waals surface area contributed by atoms with Crippen LogP contribution in [0.15, 0.2) is 0 Å². The van der Waals surface area contributed by atoms with Crippen molar-refractivity contribution >= 4 is 5.97 Å². The van der Waals surface area contributed by atoms with Crippen LogP contribution in [-0.2, 0) is 14.3 Å². The minimum absolute atomic E-state index is 0.0560. The third-order valence-electron chi connectivity index (χ3n) is 3.36. The first-order valence-electron chi connectivity index (χ1n) is 5.62. The van der Waals surface area contributed by atoms with Gasteiger partial charge in [0.2, 0.25) is 0 Å². The lowest BCUT2D eigenvalue weighted by Crippen LogP contribution is -2.45. The summed E-state index contributed by atoms with van der Waals surface area (Å²) in [5, 5.41) is 9.22. The Labute approximate surface area is 89.6 Å². The smallest absolute Gasteiger partial charge is 0.335 e. The molecule has 2 fully saturated rings. The zero-order chi connectivity index (χ0) is 10.9. The summed E-state index contributed by atoms with van der Waals surface area (Å²) in [5.74, 6) is -0.616. The topological polar surface area (TPSA) is 55.8 Å². The maximum atomic E-state index is 11.2. The van der Waals surface area contributed by atoms with E-state index in [-0.39, 0.29) is 12.0 Å². The Bertz CT molecular complexity index is 243. The van der Waals surface area contributed by atoms with E-state index in [0.29, 0.717) is 13.2 Å². The molecule has 1 unspecified atom stereocenters. The SMILES string of the molecule is CC(OC1CCOCC1)(C(=O)O)C1CC1. The van der Waals surface area contributed by atoms with Crippen molar-refractivity contribution in [1.29, 1.82) is 0 Å². The van der Waals surface area contributed by atoms with E-state index in [4.69, 9.17) is 9.47 Å². The predicted octanol–water partition coefficient (Wildman–Crippen LogP) is 1.44. The summed E-state index contributed by atoms with van der Waals surface area (Å²) < 4.78 is 11.0. The maximum absolute atomic E-state index is 11.2. The van der Waals surface area contributed by atoms with Crippen LogP contribution in [0.25, 0.3) is 0 Å². The summed E-state index contributed by atoms with van der Waals surface area (Å²) in [6.45, 7) is 3.08. The number of carboxylic acids is 1. The summed E-state index contributed by atoms with van der Waals surface area (Å²) in [7, 11) is 0. The van der Waals surface area contributed by atoms with E-state index in [1.54, 1.807) is 6.92 Å². The van der Waals surface area contributed by atoms with Gasteiger partial charge in [0.05, 0.1) is 6.10 Å². The lowest BCUT2D eigenvalue weighted by Gasteiger charge is -2.32. The minimum Gasteiger partial charge on any atom is -0.479 e. The molecule has 1 N–H and O–H groups in total. The molecule has 15 heavy (non-hydrogen) atoms. The van der Waals surface area contributed by atoms with Crippen LogP contribution in [0.4, 0.5) is 0 Å². The van der Waals surface area contributed by atoms with Gasteiger partial charge in [-0.2, -0.15) is 0 Å². The quantitative estimate of drug-likeness (QED) is 0.769. The molecule has 4 heteroatoms. The van der Waals surface area contributed by atoms with Gasteiger partial charge in [0, 0.05) is 13.2 Å². The number of aliphatic carboxylic acids is 1. The molecule has 2 rings (SSSR count). The lowest BCUT2D eigenvalue weighted by atomic mass is 9.99. The molecule has 1 heterocycles. The first-order valence-corrected chi connectivity index (χ1v) is 5.62. The Hall–Kier alpha value is -0.610. The summed E-state index contributed by atoms with van der Waals surface area (Å²) in [4.78, 5) is 11.2. The molecule has 1 aliphatic carbocycles. The number of ether oxygens (including phenoxy) is 2.